The number of rotatable bonds is 1. The van der Waals surface area contributed by atoms with E-state index >= 15 is 0 Å². The molecule has 0 bridgehead atoms. The highest BCUT2D eigenvalue weighted by atomic mass is 16.6. The molecule has 0 saturated carbocycles. The number of fused-ring (bicyclic) bond motifs is 3. The molecule has 3 rings (SSSR count). The molecule has 1 atom stereocenters. The van der Waals surface area contributed by atoms with Crippen molar-refractivity contribution in [3.05, 3.63) is 40.2 Å². The van der Waals surface area contributed by atoms with Crippen molar-refractivity contribution in [3.63, 3.8) is 0 Å². The van der Waals surface area contributed by atoms with Crippen molar-refractivity contribution in [2.24, 2.45) is 5.92 Å². The molecule has 19 heavy (non-hydrogen) atoms. The van der Waals surface area contributed by atoms with E-state index in [1.54, 1.807) is 32.0 Å². The molecule has 0 radical (unpaired) electrons. The molecule has 0 spiro atoms. The number of carbonyl (C=O) groups is 1. The van der Waals surface area contributed by atoms with E-state index in [-0.39, 0.29) is 16.9 Å². The summed E-state index contributed by atoms with van der Waals surface area (Å²) in [5.41, 5.74) is -0.258. The van der Waals surface area contributed by atoms with Crippen LogP contribution in [0.1, 0.15) is 24.2 Å². The lowest BCUT2D eigenvalue weighted by atomic mass is 9.95. The first-order valence-corrected chi connectivity index (χ1v) is 5.96. The van der Waals surface area contributed by atoms with Gasteiger partial charge in [-0.3, -0.25) is 4.79 Å². The van der Waals surface area contributed by atoms with Crippen LogP contribution >= 0.6 is 0 Å². The van der Waals surface area contributed by atoms with Gasteiger partial charge in [0.1, 0.15) is 11.3 Å². The fourth-order valence-electron chi connectivity index (χ4n) is 2.19. The average molecular weight is 260 g/mol. The summed E-state index contributed by atoms with van der Waals surface area (Å²) in [6.07, 6.45) is 0. The van der Waals surface area contributed by atoms with E-state index in [0.717, 1.165) is 0 Å². The molecular formula is C14H12O5. The third kappa shape index (κ3) is 1.51. The van der Waals surface area contributed by atoms with E-state index in [1.165, 1.54) is 6.07 Å². The molecule has 98 valence electrons. The predicted molar refractivity (Wildman–Crippen MR) is 67.2 cm³/mol. The number of benzene rings is 1. The largest absolute Gasteiger partial charge is 0.453 e. The second-order valence-electron chi connectivity index (χ2n) is 4.89. The van der Waals surface area contributed by atoms with Crippen molar-refractivity contribution in [1.29, 1.82) is 0 Å². The standard InChI is InChI=1S/C14H12O5/c1-7(2)14(17)13(16)11-9(19-14)5-3-8-4-6-10(15)18-12(8)11/h3-7,17H,1-2H3. The summed E-state index contributed by atoms with van der Waals surface area (Å²) in [4.78, 5) is 23.7. The summed E-state index contributed by atoms with van der Waals surface area (Å²) in [6.45, 7) is 3.37. The van der Waals surface area contributed by atoms with Crippen LogP contribution in [0, 0.1) is 5.92 Å². The number of ether oxygens (including phenoxy) is 1. The van der Waals surface area contributed by atoms with Crippen LogP contribution in [0.4, 0.5) is 0 Å². The van der Waals surface area contributed by atoms with Crippen molar-refractivity contribution in [2.75, 3.05) is 0 Å². The van der Waals surface area contributed by atoms with Crippen molar-refractivity contribution >= 4 is 16.8 Å². The molecule has 1 aromatic heterocycles. The summed E-state index contributed by atoms with van der Waals surface area (Å²) in [7, 11) is 0. The summed E-state index contributed by atoms with van der Waals surface area (Å²) in [5, 5.41) is 10.9. The van der Waals surface area contributed by atoms with Crippen LogP contribution in [0.2, 0.25) is 0 Å². The summed E-state index contributed by atoms with van der Waals surface area (Å²) >= 11 is 0. The molecule has 5 heteroatoms. The van der Waals surface area contributed by atoms with E-state index in [2.05, 4.69) is 0 Å². The highest BCUT2D eigenvalue weighted by Crippen LogP contribution is 2.40. The number of ketones is 1. The van der Waals surface area contributed by atoms with Gasteiger partial charge in [-0.1, -0.05) is 13.8 Å². The maximum atomic E-state index is 12.3. The zero-order valence-corrected chi connectivity index (χ0v) is 10.5. The minimum Gasteiger partial charge on any atom is -0.453 e. The van der Waals surface area contributed by atoms with Gasteiger partial charge in [-0.25, -0.2) is 4.79 Å². The number of hydrogen-bond acceptors (Lipinski definition) is 5. The molecule has 1 unspecified atom stereocenters. The molecule has 0 saturated heterocycles. The average Bonchev–Trinajstić information content (AvgIpc) is 2.63. The SMILES string of the molecule is CC(C)C1(O)Oc2ccc3ccc(=O)oc3c2C1=O. The van der Waals surface area contributed by atoms with Gasteiger partial charge in [-0.05, 0) is 18.2 Å². The van der Waals surface area contributed by atoms with Crippen LogP contribution in [0.5, 0.6) is 5.75 Å². The highest BCUT2D eigenvalue weighted by Gasteiger charge is 2.50. The van der Waals surface area contributed by atoms with Crippen LogP contribution in [0.3, 0.4) is 0 Å². The topological polar surface area (TPSA) is 76.7 Å². The van der Waals surface area contributed by atoms with E-state index in [0.29, 0.717) is 5.39 Å². The third-order valence-corrected chi connectivity index (χ3v) is 3.35. The first-order chi connectivity index (χ1) is 8.93. The van der Waals surface area contributed by atoms with Gasteiger partial charge in [-0.15, -0.1) is 0 Å². The number of hydrogen-bond donors (Lipinski definition) is 1. The second-order valence-corrected chi connectivity index (χ2v) is 4.89. The molecule has 1 aliphatic heterocycles. The van der Waals surface area contributed by atoms with E-state index < -0.39 is 23.1 Å². The lowest BCUT2D eigenvalue weighted by Crippen LogP contribution is -2.45. The molecule has 0 amide bonds. The number of carbonyl (C=O) groups excluding carboxylic acids is 1. The maximum Gasteiger partial charge on any atom is 0.336 e. The zero-order chi connectivity index (χ0) is 13.8. The Hall–Kier alpha value is -2.14. The molecule has 1 aliphatic rings. The smallest absolute Gasteiger partial charge is 0.336 e. The lowest BCUT2D eigenvalue weighted by molar-refractivity contribution is -0.121. The minimum absolute atomic E-state index is 0.131. The van der Waals surface area contributed by atoms with Crippen LogP contribution in [-0.4, -0.2) is 16.7 Å². The van der Waals surface area contributed by atoms with Crippen molar-refractivity contribution in [2.45, 2.75) is 19.6 Å². The third-order valence-electron chi connectivity index (χ3n) is 3.35. The molecule has 1 N–H and O–H groups in total. The Kier molecular flexibility index (Phi) is 2.31. The Morgan fingerprint density at radius 2 is 1.84 bits per heavy atom. The van der Waals surface area contributed by atoms with Gasteiger partial charge in [0, 0.05) is 17.4 Å². The summed E-state index contributed by atoms with van der Waals surface area (Å²) in [5.74, 6) is -2.65. The summed E-state index contributed by atoms with van der Waals surface area (Å²) in [6, 6.07) is 6.12. The highest BCUT2D eigenvalue weighted by molar-refractivity contribution is 6.14. The van der Waals surface area contributed by atoms with Gasteiger partial charge in [-0.2, -0.15) is 0 Å². The van der Waals surface area contributed by atoms with Gasteiger partial charge in [0.2, 0.25) is 5.78 Å². The van der Waals surface area contributed by atoms with Gasteiger partial charge in [0.15, 0.2) is 5.58 Å². The van der Waals surface area contributed by atoms with Crippen molar-refractivity contribution in [1.82, 2.24) is 0 Å². The summed E-state index contributed by atoms with van der Waals surface area (Å²) < 4.78 is 10.4. The van der Waals surface area contributed by atoms with Crippen molar-refractivity contribution in [3.8, 4) is 5.75 Å². The monoisotopic (exact) mass is 260 g/mol. The Labute approximate surface area is 108 Å². The molecular weight excluding hydrogens is 248 g/mol. The van der Waals surface area contributed by atoms with Crippen LogP contribution in [0.25, 0.3) is 11.0 Å². The zero-order valence-electron chi connectivity index (χ0n) is 10.5. The van der Waals surface area contributed by atoms with Crippen molar-refractivity contribution < 1.29 is 19.1 Å². The number of aliphatic hydroxyl groups is 1. The van der Waals surface area contributed by atoms with Gasteiger partial charge < -0.3 is 14.3 Å². The molecule has 1 aromatic carbocycles. The Morgan fingerprint density at radius 3 is 2.53 bits per heavy atom. The predicted octanol–water partition coefficient (Wildman–Crippen LogP) is 1.71. The van der Waals surface area contributed by atoms with E-state index in [1.807, 2.05) is 0 Å². The minimum atomic E-state index is -1.90. The first kappa shape index (κ1) is 11.9. The Balaban J connectivity index is 2.33. The van der Waals surface area contributed by atoms with Gasteiger partial charge in [0.25, 0.3) is 5.79 Å². The molecule has 0 fully saturated rings. The fourth-order valence-corrected chi connectivity index (χ4v) is 2.19. The second kappa shape index (κ2) is 3.68. The molecule has 2 heterocycles. The Bertz CT molecular complexity index is 743. The van der Waals surface area contributed by atoms with E-state index in [4.69, 9.17) is 9.15 Å². The van der Waals surface area contributed by atoms with E-state index in [9.17, 15) is 14.7 Å². The van der Waals surface area contributed by atoms with Gasteiger partial charge in [0.05, 0.1) is 0 Å². The number of Topliss-reactive ketones (excluding diaryl/α,β-unsaturated/α-hetero) is 1. The molecule has 2 aromatic rings. The first-order valence-electron chi connectivity index (χ1n) is 5.96. The van der Waals surface area contributed by atoms with Crippen LogP contribution < -0.4 is 10.4 Å². The van der Waals surface area contributed by atoms with Crippen LogP contribution in [0.15, 0.2) is 33.5 Å². The maximum absolute atomic E-state index is 12.3. The Morgan fingerprint density at radius 1 is 1.16 bits per heavy atom. The van der Waals surface area contributed by atoms with Crippen LogP contribution in [-0.2, 0) is 0 Å². The van der Waals surface area contributed by atoms with Gasteiger partial charge >= 0.3 is 5.63 Å². The quantitative estimate of drug-likeness (QED) is 0.790. The molecule has 5 nitrogen and oxygen atoms in total. The molecule has 0 aliphatic carbocycles. The normalized spacial score (nSPS) is 21.8. The fraction of sp³-hybridized carbons (Fsp3) is 0.286. The lowest BCUT2D eigenvalue weighted by Gasteiger charge is -2.24.